The lowest BCUT2D eigenvalue weighted by molar-refractivity contribution is -0.130. The Morgan fingerprint density at radius 1 is 0.667 bits per heavy atom. The van der Waals surface area contributed by atoms with Crippen molar-refractivity contribution in [3.63, 3.8) is 0 Å². The highest BCUT2D eigenvalue weighted by molar-refractivity contribution is 6.14. The van der Waals surface area contributed by atoms with Gasteiger partial charge in [-0.1, -0.05) is 104 Å². The predicted octanol–water partition coefficient (Wildman–Crippen LogP) is 6.15. The Labute approximate surface area is 175 Å². The first-order valence-electron chi connectivity index (χ1n) is 9.92. The first-order chi connectivity index (χ1) is 14.6. The minimum absolute atomic E-state index is 0.101. The summed E-state index contributed by atoms with van der Waals surface area (Å²) >= 11 is 0. The van der Waals surface area contributed by atoms with Crippen LogP contribution in [0.2, 0.25) is 0 Å². The van der Waals surface area contributed by atoms with E-state index in [1.165, 1.54) is 11.1 Å². The SMILES string of the molecule is C=C(C(=O)O)c1ccc2c(c1)C(c1ccccc1)(c1ccccc1)c1ccccc1-2. The van der Waals surface area contributed by atoms with Crippen molar-refractivity contribution in [3.05, 3.63) is 138 Å². The summed E-state index contributed by atoms with van der Waals surface area (Å²) in [6.07, 6.45) is 0. The molecule has 0 spiro atoms. The Balaban J connectivity index is 1.93. The minimum atomic E-state index is -1.00. The molecule has 1 aliphatic rings. The fourth-order valence-corrected chi connectivity index (χ4v) is 4.76. The van der Waals surface area contributed by atoms with Gasteiger partial charge in [0.25, 0.3) is 0 Å². The molecule has 0 unspecified atom stereocenters. The number of benzene rings is 4. The van der Waals surface area contributed by atoms with Crippen LogP contribution in [0.15, 0.2) is 110 Å². The van der Waals surface area contributed by atoms with E-state index in [2.05, 4.69) is 79.4 Å². The van der Waals surface area contributed by atoms with Gasteiger partial charge in [0.2, 0.25) is 0 Å². The third-order valence-electron chi connectivity index (χ3n) is 6.07. The Kier molecular flexibility index (Phi) is 4.14. The van der Waals surface area contributed by atoms with Gasteiger partial charge in [-0.25, -0.2) is 4.79 Å². The molecule has 0 saturated carbocycles. The lowest BCUT2D eigenvalue weighted by Gasteiger charge is -2.34. The van der Waals surface area contributed by atoms with Crippen LogP contribution in [0.25, 0.3) is 16.7 Å². The highest BCUT2D eigenvalue weighted by Crippen LogP contribution is 2.56. The van der Waals surface area contributed by atoms with Gasteiger partial charge in [0.15, 0.2) is 0 Å². The maximum Gasteiger partial charge on any atom is 0.335 e. The molecule has 30 heavy (non-hydrogen) atoms. The summed E-state index contributed by atoms with van der Waals surface area (Å²) in [5.41, 5.74) is 7.10. The maximum atomic E-state index is 11.6. The first kappa shape index (κ1) is 18.1. The Hall–Kier alpha value is -3.91. The molecule has 4 aromatic carbocycles. The number of fused-ring (bicyclic) bond motifs is 3. The third kappa shape index (κ3) is 2.47. The van der Waals surface area contributed by atoms with Crippen LogP contribution in [0.3, 0.4) is 0 Å². The fourth-order valence-electron chi connectivity index (χ4n) is 4.76. The summed E-state index contributed by atoms with van der Waals surface area (Å²) in [6.45, 7) is 3.79. The van der Waals surface area contributed by atoms with Crippen LogP contribution in [0.1, 0.15) is 27.8 Å². The van der Waals surface area contributed by atoms with Crippen molar-refractivity contribution in [3.8, 4) is 11.1 Å². The zero-order valence-electron chi connectivity index (χ0n) is 16.4. The van der Waals surface area contributed by atoms with Gasteiger partial charge in [0, 0.05) is 0 Å². The van der Waals surface area contributed by atoms with Crippen molar-refractivity contribution in [1.82, 2.24) is 0 Å². The molecule has 1 N–H and O–H groups in total. The molecule has 0 aliphatic heterocycles. The smallest absolute Gasteiger partial charge is 0.335 e. The van der Waals surface area contributed by atoms with Gasteiger partial charge in [-0.15, -0.1) is 0 Å². The molecule has 144 valence electrons. The molecule has 1 aliphatic carbocycles. The van der Waals surface area contributed by atoms with Crippen LogP contribution in [-0.4, -0.2) is 11.1 Å². The van der Waals surface area contributed by atoms with Crippen molar-refractivity contribution in [2.24, 2.45) is 0 Å². The van der Waals surface area contributed by atoms with Crippen molar-refractivity contribution < 1.29 is 9.90 Å². The molecule has 2 nitrogen and oxygen atoms in total. The van der Waals surface area contributed by atoms with Crippen molar-refractivity contribution >= 4 is 11.5 Å². The molecule has 5 rings (SSSR count). The van der Waals surface area contributed by atoms with Gasteiger partial charge < -0.3 is 5.11 Å². The lowest BCUT2D eigenvalue weighted by atomic mass is 9.67. The van der Waals surface area contributed by atoms with Crippen LogP contribution in [0.4, 0.5) is 0 Å². The van der Waals surface area contributed by atoms with Gasteiger partial charge >= 0.3 is 5.97 Å². The van der Waals surface area contributed by atoms with Crippen LogP contribution < -0.4 is 0 Å². The second kappa shape index (κ2) is 6.85. The molecule has 0 radical (unpaired) electrons. The second-order valence-electron chi connectivity index (χ2n) is 7.57. The summed E-state index contributed by atoms with van der Waals surface area (Å²) in [7, 11) is 0. The van der Waals surface area contributed by atoms with Crippen molar-refractivity contribution in [2.75, 3.05) is 0 Å². The van der Waals surface area contributed by atoms with E-state index in [1.807, 2.05) is 30.3 Å². The third-order valence-corrected chi connectivity index (χ3v) is 6.07. The standard InChI is InChI=1S/C28H20O2/c1-19(27(29)30)20-16-17-24-23-14-8-9-15-25(23)28(26(24)18-20,21-10-4-2-5-11-21)22-12-6-3-7-13-22/h2-18H,1H2,(H,29,30). The highest BCUT2D eigenvalue weighted by Gasteiger charge is 2.46. The minimum Gasteiger partial charge on any atom is -0.478 e. The van der Waals surface area contributed by atoms with E-state index in [0.717, 1.165) is 22.3 Å². The van der Waals surface area contributed by atoms with E-state index in [9.17, 15) is 9.90 Å². The largest absolute Gasteiger partial charge is 0.478 e. The number of carboxylic acids is 1. The monoisotopic (exact) mass is 388 g/mol. The Bertz CT molecular complexity index is 1230. The van der Waals surface area contributed by atoms with E-state index in [1.54, 1.807) is 0 Å². The molecule has 2 heteroatoms. The summed E-state index contributed by atoms with van der Waals surface area (Å²) in [4.78, 5) is 11.6. The van der Waals surface area contributed by atoms with E-state index >= 15 is 0 Å². The Morgan fingerprint density at radius 3 is 1.80 bits per heavy atom. The van der Waals surface area contributed by atoms with Crippen LogP contribution in [-0.2, 0) is 10.2 Å². The Morgan fingerprint density at radius 2 is 1.20 bits per heavy atom. The molecular weight excluding hydrogens is 368 g/mol. The predicted molar refractivity (Wildman–Crippen MR) is 120 cm³/mol. The van der Waals surface area contributed by atoms with E-state index < -0.39 is 11.4 Å². The van der Waals surface area contributed by atoms with Crippen LogP contribution in [0, 0.1) is 0 Å². The average Bonchev–Trinajstić information content (AvgIpc) is 3.10. The molecule has 0 fully saturated rings. The van der Waals surface area contributed by atoms with Gasteiger partial charge in [-0.3, -0.25) is 0 Å². The summed E-state index contributed by atoms with van der Waals surface area (Å²) < 4.78 is 0. The molecule has 4 aromatic rings. The quantitative estimate of drug-likeness (QED) is 0.375. The summed E-state index contributed by atoms with van der Waals surface area (Å²) in [5.74, 6) is -1.00. The average molecular weight is 388 g/mol. The number of carboxylic acid groups (broad SMARTS) is 1. The topological polar surface area (TPSA) is 37.3 Å². The molecule has 0 saturated heterocycles. The number of rotatable bonds is 4. The van der Waals surface area contributed by atoms with Crippen molar-refractivity contribution in [1.29, 1.82) is 0 Å². The van der Waals surface area contributed by atoms with Gasteiger partial charge in [0.05, 0.1) is 11.0 Å². The van der Waals surface area contributed by atoms with Gasteiger partial charge in [-0.2, -0.15) is 0 Å². The fraction of sp³-hybridized carbons (Fsp3) is 0.0357. The van der Waals surface area contributed by atoms with Crippen molar-refractivity contribution in [2.45, 2.75) is 5.41 Å². The van der Waals surface area contributed by atoms with Gasteiger partial charge in [-0.05, 0) is 45.0 Å². The molecule has 0 heterocycles. The van der Waals surface area contributed by atoms with Gasteiger partial charge in [0.1, 0.15) is 0 Å². The number of aliphatic carboxylic acids is 1. The molecule has 0 aromatic heterocycles. The zero-order valence-corrected chi connectivity index (χ0v) is 16.4. The molecule has 0 amide bonds. The van der Waals surface area contributed by atoms with E-state index in [0.29, 0.717) is 5.56 Å². The maximum absolute atomic E-state index is 11.6. The number of hydrogen-bond acceptors (Lipinski definition) is 1. The van der Waals surface area contributed by atoms with E-state index in [4.69, 9.17) is 0 Å². The summed E-state index contributed by atoms with van der Waals surface area (Å²) in [5, 5.41) is 9.52. The molecule has 0 bridgehead atoms. The molecule has 0 atom stereocenters. The lowest BCUT2D eigenvalue weighted by Crippen LogP contribution is -2.28. The normalized spacial score (nSPS) is 13.3. The first-order valence-corrected chi connectivity index (χ1v) is 9.92. The van der Waals surface area contributed by atoms with Crippen LogP contribution in [0.5, 0.6) is 0 Å². The second-order valence-corrected chi connectivity index (χ2v) is 7.57. The van der Waals surface area contributed by atoms with Crippen LogP contribution >= 0.6 is 0 Å². The van der Waals surface area contributed by atoms with E-state index in [-0.39, 0.29) is 5.57 Å². The number of hydrogen-bond donors (Lipinski definition) is 1. The summed E-state index contributed by atoms with van der Waals surface area (Å²) in [6, 6.07) is 35.2. The molecular formula is C28H20O2. The highest BCUT2D eigenvalue weighted by atomic mass is 16.4. The number of carbonyl (C=O) groups is 1. The zero-order chi connectivity index (χ0) is 20.7.